The topological polar surface area (TPSA) is 59.5 Å². The third-order valence-electron chi connectivity index (χ3n) is 3.38. The number of rotatable bonds is 6. The maximum atomic E-state index is 5.47. The standard InChI is InChI=1S/C13H22N4O2S/c1-5-14-11-6-12(16-13(15-11)20-4)17-7-9(18-2)10(8-17)19-3/h6,9-10H,5,7-8H2,1-4H3,(H,14,15,16). The number of methoxy groups -OCH3 is 2. The Kier molecular flexibility index (Phi) is 5.45. The third-order valence-corrected chi connectivity index (χ3v) is 3.93. The molecule has 0 amide bonds. The number of nitrogens with zero attached hydrogens (tertiary/aromatic N) is 3. The molecule has 2 rings (SSSR count). The largest absolute Gasteiger partial charge is 0.377 e. The molecule has 2 unspecified atom stereocenters. The summed E-state index contributed by atoms with van der Waals surface area (Å²) >= 11 is 1.54. The summed E-state index contributed by atoms with van der Waals surface area (Å²) in [5.41, 5.74) is 0. The third kappa shape index (κ3) is 3.34. The van der Waals surface area contributed by atoms with Gasteiger partial charge in [-0.15, -0.1) is 0 Å². The Morgan fingerprint density at radius 3 is 2.45 bits per heavy atom. The average Bonchev–Trinajstić information content (AvgIpc) is 2.90. The Labute approximate surface area is 124 Å². The van der Waals surface area contributed by atoms with Crippen LogP contribution in [-0.4, -0.2) is 62.3 Å². The molecule has 112 valence electrons. The molecular weight excluding hydrogens is 276 g/mol. The van der Waals surface area contributed by atoms with Gasteiger partial charge in [-0.3, -0.25) is 0 Å². The zero-order chi connectivity index (χ0) is 14.5. The van der Waals surface area contributed by atoms with E-state index in [1.54, 1.807) is 26.0 Å². The first-order valence-corrected chi connectivity index (χ1v) is 7.91. The van der Waals surface area contributed by atoms with E-state index in [-0.39, 0.29) is 12.2 Å². The van der Waals surface area contributed by atoms with Crippen molar-refractivity contribution in [3.63, 3.8) is 0 Å². The van der Waals surface area contributed by atoms with E-state index in [2.05, 4.69) is 27.1 Å². The van der Waals surface area contributed by atoms with Crippen LogP contribution in [-0.2, 0) is 9.47 Å². The molecule has 20 heavy (non-hydrogen) atoms. The zero-order valence-corrected chi connectivity index (χ0v) is 13.2. The van der Waals surface area contributed by atoms with Crippen molar-refractivity contribution in [3.8, 4) is 0 Å². The minimum atomic E-state index is 0.0790. The van der Waals surface area contributed by atoms with Gasteiger partial charge >= 0.3 is 0 Å². The predicted molar refractivity (Wildman–Crippen MR) is 81.8 cm³/mol. The fraction of sp³-hybridized carbons (Fsp3) is 0.692. The fourth-order valence-electron chi connectivity index (χ4n) is 2.32. The number of thioether (sulfide) groups is 1. The van der Waals surface area contributed by atoms with Gasteiger partial charge in [0.15, 0.2) is 5.16 Å². The second-order valence-electron chi connectivity index (χ2n) is 4.58. The number of hydrogen-bond donors (Lipinski definition) is 1. The second-order valence-corrected chi connectivity index (χ2v) is 5.36. The molecule has 1 aliphatic rings. The summed E-state index contributed by atoms with van der Waals surface area (Å²) in [4.78, 5) is 11.2. The molecule has 2 heterocycles. The first-order chi connectivity index (χ1) is 9.71. The second kappa shape index (κ2) is 7.10. The van der Waals surface area contributed by atoms with Gasteiger partial charge in [-0.1, -0.05) is 11.8 Å². The molecular formula is C13H22N4O2S. The number of nitrogens with one attached hydrogen (secondary N) is 1. The van der Waals surface area contributed by atoms with Gasteiger partial charge in [0.05, 0.1) is 0 Å². The summed E-state index contributed by atoms with van der Waals surface area (Å²) in [5, 5.41) is 4.01. The molecule has 0 bridgehead atoms. The first kappa shape index (κ1) is 15.3. The molecule has 0 spiro atoms. The molecule has 1 aromatic heterocycles. The molecule has 0 aliphatic carbocycles. The summed E-state index contributed by atoms with van der Waals surface area (Å²) in [5.74, 6) is 1.78. The molecule has 6 nitrogen and oxygen atoms in total. The van der Waals surface area contributed by atoms with E-state index in [0.29, 0.717) is 0 Å². The molecule has 1 saturated heterocycles. The van der Waals surface area contributed by atoms with Crippen LogP contribution in [0.25, 0.3) is 0 Å². The number of anilines is 2. The molecule has 1 aromatic rings. The van der Waals surface area contributed by atoms with Crippen LogP contribution in [0.2, 0.25) is 0 Å². The lowest BCUT2D eigenvalue weighted by Crippen LogP contribution is -2.27. The van der Waals surface area contributed by atoms with Crippen molar-refractivity contribution < 1.29 is 9.47 Å². The van der Waals surface area contributed by atoms with Crippen molar-refractivity contribution in [2.24, 2.45) is 0 Å². The smallest absolute Gasteiger partial charge is 0.191 e. The highest BCUT2D eigenvalue weighted by Gasteiger charge is 2.33. The van der Waals surface area contributed by atoms with Crippen LogP contribution in [0.5, 0.6) is 0 Å². The number of hydrogen-bond acceptors (Lipinski definition) is 7. The summed E-state index contributed by atoms with van der Waals surface area (Å²) in [7, 11) is 3.44. The molecule has 1 aliphatic heterocycles. The first-order valence-electron chi connectivity index (χ1n) is 6.69. The number of ether oxygens (including phenoxy) is 2. The monoisotopic (exact) mass is 298 g/mol. The molecule has 0 radical (unpaired) electrons. The van der Waals surface area contributed by atoms with Gasteiger partial charge in [0, 0.05) is 39.9 Å². The average molecular weight is 298 g/mol. The van der Waals surface area contributed by atoms with Crippen LogP contribution < -0.4 is 10.2 Å². The lowest BCUT2D eigenvalue weighted by molar-refractivity contribution is -0.00461. The van der Waals surface area contributed by atoms with Crippen LogP contribution >= 0.6 is 11.8 Å². The van der Waals surface area contributed by atoms with E-state index >= 15 is 0 Å². The lowest BCUT2D eigenvalue weighted by Gasteiger charge is -2.18. The summed E-state index contributed by atoms with van der Waals surface area (Å²) in [6.45, 7) is 4.46. The summed E-state index contributed by atoms with van der Waals surface area (Å²) in [6, 6.07) is 1.98. The van der Waals surface area contributed by atoms with Gasteiger partial charge in [-0.25, -0.2) is 9.97 Å². The zero-order valence-electron chi connectivity index (χ0n) is 12.4. The molecule has 0 saturated carbocycles. The Morgan fingerprint density at radius 2 is 1.95 bits per heavy atom. The quantitative estimate of drug-likeness (QED) is 0.630. The molecule has 2 atom stereocenters. The van der Waals surface area contributed by atoms with Crippen LogP contribution in [0.3, 0.4) is 0 Å². The van der Waals surface area contributed by atoms with E-state index in [9.17, 15) is 0 Å². The molecule has 1 N–H and O–H groups in total. The van der Waals surface area contributed by atoms with Gasteiger partial charge in [-0.05, 0) is 13.2 Å². The van der Waals surface area contributed by atoms with Crippen LogP contribution in [0.15, 0.2) is 11.2 Å². The van der Waals surface area contributed by atoms with Crippen molar-refractivity contribution in [1.82, 2.24) is 9.97 Å². The summed E-state index contributed by atoms with van der Waals surface area (Å²) in [6.07, 6.45) is 2.14. The predicted octanol–water partition coefficient (Wildman–Crippen LogP) is 1.48. The lowest BCUT2D eigenvalue weighted by atomic mass is 10.3. The number of aromatic nitrogens is 2. The van der Waals surface area contributed by atoms with E-state index in [1.165, 1.54) is 0 Å². The maximum absolute atomic E-state index is 5.47. The van der Waals surface area contributed by atoms with Gasteiger partial charge in [0.25, 0.3) is 0 Å². The van der Waals surface area contributed by atoms with Gasteiger partial charge in [0.2, 0.25) is 0 Å². The molecule has 1 fully saturated rings. The van der Waals surface area contributed by atoms with E-state index in [1.807, 2.05) is 12.3 Å². The highest BCUT2D eigenvalue weighted by atomic mass is 32.2. The van der Waals surface area contributed by atoms with Crippen LogP contribution in [0.4, 0.5) is 11.6 Å². The maximum Gasteiger partial charge on any atom is 0.191 e. The van der Waals surface area contributed by atoms with Crippen molar-refractivity contribution >= 4 is 23.4 Å². The summed E-state index contributed by atoms with van der Waals surface area (Å²) < 4.78 is 10.9. The van der Waals surface area contributed by atoms with Gasteiger partial charge < -0.3 is 19.7 Å². The van der Waals surface area contributed by atoms with E-state index in [0.717, 1.165) is 36.4 Å². The SMILES string of the molecule is CCNc1cc(N2CC(OC)C(OC)C2)nc(SC)n1. The highest BCUT2D eigenvalue weighted by molar-refractivity contribution is 7.98. The highest BCUT2D eigenvalue weighted by Crippen LogP contribution is 2.25. The van der Waals surface area contributed by atoms with Gasteiger partial charge in [0.1, 0.15) is 23.8 Å². The minimum absolute atomic E-state index is 0.0790. The Balaban J connectivity index is 2.21. The fourth-order valence-corrected chi connectivity index (χ4v) is 2.70. The normalized spacial score (nSPS) is 22.3. The van der Waals surface area contributed by atoms with Crippen molar-refractivity contribution in [2.45, 2.75) is 24.3 Å². The van der Waals surface area contributed by atoms with Gasteiger partial charge in [-0.2, -0.15) is 0 Å². The minimum Gasteiger partial charge on any atom is -0.377 e. The Bertz CT molecular complexity index is 434. The van der Waals surface area contributed by atoms with E-state index < -0.39 is 0 Å². The Morgan fingerprint density at radius 1 is 1.30 bits per heavy atom. The van der Waals surface area contributed by atoms with Crippen LogP contribution in [0, 0.1) is 0 Å². The molecule has 0 aromatic carbocycles. The van der Waals surface area contributed by atoms with Crippen molar-refractivity contribution in [2.75, 3.05) is 50.3 Å². The Hall–Kier alpha value is -1.05. The van der Waals surface area contributed by atoms with Crippen LogP contribution in [0.1, 0.15) is 6.92 Å². The van der Waals surface area contributed by atoms with Crippen molar-refractivity contribution in [3.05, 3.63) is 6.07 Å². The molecule has 7 heteroatoms. The van der Waals surface area contributed by atoms with E-state index in [4.69, 9.17) is 9.47 Å². The van der Waals surface area contributed by atoms with Crippen molar-refractivity contribution in [1.29, 1.82) is 0 Å².